The van der Waals surface area contributed by atoms with Crippen molar-refractivity contribution in [1.82, 2.24) is 10.3 Å². The van der Waals surface area contributed by atoms with Crippen LogP contribution < -0.4 is 10.1 Å². The van der Waals surface area contributed by atoms with E-state index in [1.165, 1.54) is 0 Å². The number of benzene rings is 1. The van der Waals surface area contributed by atoms with Crippen LogP contribution in [0.25, 0.3) is 11.3 Å². The minimum absolute atomic E-state index is 0.666. The van der Waals surface area contributed by atoms with Crippen LogP contribution in [0.1, 0.15) is 5.01 Å². The predicted octanol–water partition coefficient (Wildman–Crippen LogP) is 3.23. The molecule has 5 heteroatoms. The number of nitrogens with one attached hydrogen (secondary N) is 1. The first-order valence-corrected chi connectivity index (χ1v) is 6.93. The van der Waals surface area contributed by atoms with Crippen LogP contribution in [0.5, 0.6) is 5.75 Å². The number of aromatic nitrogens is 1. The van der Waals surface area contributed by atoms with Gasteiger partial charge < -0.3 is 10.1 Å². The van der Waals surface area contributed by atoms with E-state index in [-0.39, 0.29) is 0 Å². The zero-order valence-electron chi connectivity index (χ0n) is 10.4. The van der Waals surface area contributed by atoms with Crippen molar-refractivity contribution in [3.05, 3.63) is 33.6 Å². The SMILES string of the molecule is CNCCc1nc(-c2ccc(OC)cc2Cl)cs1. The van der Waals surface area contributed by atoms with E-state index in [0.717, 1.165) is 35.0 Å². The number of hydrogen-bond donors (Lipinski definition) is 1. The molecular weight excluding hydrogens is 268 g/mol. The van der Waals surface area contributed by atoms with Gasteiger partial charge in [0, 0.05) is 23.9 Å². The quantitative estimate of drug-likeness (QED) is 0.914. The third-order valence-corrected chi connectivity index (χ3v) is 3.81. The van der Waals surface area contributed by atoms with Crippen molar-refractivity contribution >= 4 is 22.9 Å². The molecule has 2 aromatic rings. The normalized spacial score (nSPS) is 10.6. The van der Waals surface area contributed by atoms with Crippen LogP contribution in [0.4, 0.5) is 0 Å². The lowest BCUT2D eigenvalue weighted by molar-refractivity contribution is 0.415. The fraction of sp³-hybridized carbons (Fsp3) is 0.308. The minimum atomic E-state index is 0.666. The molecule has 1 N–H and O–H groups in total. The van der Waals surface area contributed by atoms with Gasteiger partial charge in [0.05, 0.1) is 22.8 Å². The van der Waals surface area contributed by atoms with Gasteiger partial charge in [0.1, 0.15) is 5.75 Å². The molecule has 0 saturated carbocycles. The summed E-state index contributed by atoms with van der Waals surface area (Å²) in [7, 11) is 3.57. The van der Waals surface area contributed by atoms with Crippen LogP contribution >= 0.6 is 22.9 Å². The molecule has 1 heterocycles. The maximum atomic E-state index is 6.23. The third-order valence-electron chi connectivity index (χ3n) is 2.59. The predicted molar refractivity (Wildman–Crippen MR) is 76.7 cm³/mol. The largest absolute Gasteiger partial charge is 0.497 e. The highest BCUT2D eigenvalue weighted by Crippen LogP contribution is 2.31. The van der Waals surface area contributed by atoms with E-state index in [0.29, 0.717) is 5.02 Å². The van der Waals surface area contributed by atoms with Gasteiger partial charge in [0.15, 0.2) is 0 Å². The Balaban J connectivity index is 2.23. The third kappa shape index (κ3) is 3.02. The molecule has 0 unspecified atom stereocenters. The molecule has 18 heavy (non-hydrogen) atoms. The van der Waals surface area contributed by atoms with E-state index in [4.69, 9.17) is 16.3 Å². The standard InChI is InChI=1S/C13H15ClN2OS/c1-15-6-5-13-16-12(8-18-13)10-4-3-9(17-2)7-11(10)14/h3-4,7-8,15H,5-6H2,1-2H3. The summed E-state index contributed by atoms with van der Waals surface area (Å²) in [5, 5.41) is 6.94. The monoisotopic (exact) mass is 282 g/mol. The Morgan fingerprint density at radius 3 is 2.94 bits per heavy atom. The number of hydrogen-bond acceptors (Lipinski definition) is 4. The Morgan fingerprint density at radius 2 is 2.28 bits per heavy atom. The summed E-state index contributed by atoms with van der Waals surface area (Å²) in [6.07, 6.45) is 0.939. The molecule has 3 nitrogen and oxygen atoms in total. The van der Waals surface area contributed by atoms with Crippen molar-refractivity contribution in [2.24, 2.45) is 0 Å². The van der Waals surface area contributed by atoms with E-state index >= 15 is 0 Å². The average molecular weight is 283 g/mol. The summed E-state index contributed by atoms with van der Waals surface area (Å²) in [4.78, 5) is 4.59. The molecule has 0 aliphatic rings. The summed E-state index contributed by atoms with van der Waals surface area (Å²) >= 11 is 7.89. The Morgan fingerprint density at radius 1 is 1.44 bits per heavy atom. The van der Waals surface area contributed by atoms with Crippen molar-refractivity contribution in [3.8, 4) is 17.0 Å². The maximum absolute atomic E-state index is 6.23. The number of ether oxygens (including phenoxy) is 1. The molecule has 0 saturated heterocycles. The van der Waals surface area contributed by atoms with Gasteiger partial charge in [-0.3, -0.25) is 0 Å². The average Bonchev–Trinajstić information content (AvgIpc) is 2.84. The Hall–Kier alpha value is -1.10. The maximum Gasteiger partial charge on any atom is 0.120 e. The first-order chi connectivity index (χ1) is 8.74. The Kier molecular flexibility index (Phi) is 4.58. The Labute approximate surface area is 116 Å². The topological polar surface area (TPSA) is 34.2 Å². The van der Waals surface area contributed by atoms with E-state index in [1.807, 2.05) is 30.6 Å². The van der Waals surface area contributed by atoms with Crippen molar-refractivity contribution in [3.63, 3.8) is 0 Å². The van der Waals surface area contributed by atoms with Gasteiger partial charge in [-0.15, -0.1) is 11.3 Å². The molecule has 0 atom stereocenters. The van der Waals surface area contributed by atoms with E-state index in [1.54, 1.807) is 18.4 Å². The van der Waals surface area contributed by atoms with Crippen LogP contribution in [0.3, 0.4) is 0 Å². The van der Waals surface area contributed by atoms with Crippen LogP contribution in [-0.2, 0) is 6.42 Å². The van der Waals surface area contributed by atoms with Crippen molar-refractivity contribution in [1.29, 1.82) is 0 Å². The van der Waals surface area contributed by atoms with Crippen LogP contribution in [0.15, 0.2) is 23.6 Å². The van der Waals surface area contributed by atoms with Crippen molar-refractivity contribution in [2.75, 3.05) is 20.7 Å². The van der Waals surface area contributed by atoms with Crippen LogP contribution in [0.2, 0.25) is 5.02 Å². The summed E-state index contributed by atoms with van der Waals surface area (Å²) in [5.74, 6) is 0.759. The molecule has 0 amide bonds. The number of methoxy groups -OCH3 is 1. The second-order valence-electron chi connectivity index (χ2n) is 3.83. The van der Waals surface area contributed by atoms with Crippen LogP contribution in [-0.4, -0.2) is 25.7 Å². The van der Waals surface area contributed by atoms with Gasteiger partial charge in [-0.25, -0.2) is 4.98 Å². The molecule has 0 spiro atoms. The molecule has 0 fully saturated rings. The molecular formula is C13H15ClN2OS. The highest BCUT2D eigenvalue weighted by Gasteiger charge is 2.09. The van der Waals surface area contributed by atoms with Crippen LogP contribution in [0, 0.1) is 0 Å². The summed E-state index contributed by atoms with van der Waals surface area (Å²) in [6, 6.07) is 5.65. The van der Waals surface area contributed by atoms with Crippen molar-refractivity contribution in [2.45, 2.75) is 6.42 Å². The smallest absolute Gasteiger partial charge is 0.120 e. The van der Waals surface area contributed by atoms with Gasteiger partial charge in [0.25, 0.3) is 0 Å². The lowest BCUT2D eigenvalue weighted by Crippen LogP contribution is -2.09. The fourth-order valence-electron chi connectivity index (χ4n) is 1.61. The second-order valence-corrected chi connectivity index (χ2v) is 5.18. The molecule has 0 aliphatic carbocycles. The number of likely N-dealkylation sites (N-methyl/N-ethyl adjacent to an activating group) is 1. The van der Waals surface area contributed by atoms with Gasteiger partial charge in [-0.1, -0.05) is 11.6 Å². The van der Waals surface area contributed by atoms with Crippen molar-refractivity contribution < 1.29 is 4.74 Å². The molecule has 0 bridgehead atoms. The molecule has 0 radical (unpaired) electrons. The molecule has 2 rings (SSSR count). The number of nitrogens with zero attached hydrogens (tertiary/aromatic N) is 1. The minimum Gasteiger partial charge on any atom is -0.497 e. The molecule has 1 aromatic heterocycles. The van der Waals surface area contributed by atoms with Gasteiger partial charge in [-0.2, -0.15) is 0 Å². The second kappa shape index (κ2) is 6.18. The summed E-state index contributed by atoms with van der Waals surface area (Å²) < 4.78 is 5.13. The highest BCUT2D eigenvalue weighted by molar-refractivity contribution is 7.09. The lowest BCUT2D eigenvalue weighted by Gasteiger charge is -2.04. The first-order valence-electron chi connectivity index (χ1n) is 5.67. The molecule has 96 valence electrons. The number of rotatable bonds is 5. The highest BCUT2D eigenvalue weighted by atomic mass is 35.5. The van der Waals surface area contributed by atoms with E-state index in [9.17, 15) is 0 Å². The summed E-state index contributed by atoms with van der Waals surface area (Å²) in [6.45, 7) is 0.934. The fourth-order valence-corrected chi connectivity index (χ4v) is 2.68. The van der Waals surface area contributed by atoms with E-state index < -0.39 is 0 Å². The molecule has 0 aliphatic heterocycles. The van der Waals surface area contributed by atoms with Gasteiger partial charge >= 0.3 is 0 Å². The van der Waals surface area contributed by atoms with Gasteiger partial charge in [0.2, 0.25) is 0 Å². The number of thiazole rings is 1. The summed E-state index contributed by atoms with van der Waals surface area (Å²) in [5.41, 5.74) is 1.88. The first kappa shape index (κ1) is 13.3. The van der Waals surface area contributed by atoms with E-state index in [2.05, 4.69) is 10.3 Å². The van der Waals surface area contributed by atoms with Gasteiger partial charge in [-0.05, 0) is 25.2 Å². The zero-order chi connectivity index (χ0) is 13.0. The molecule has 1 aromatic carbocycles. The zero-order valence-corrected chi connectivity index (χ0v) is 11.9. The number of halogens is 1. The lowest BCUT2D eigenvalue weighted by atomic mass is 10.1. The Bertz CT molecular complexity index is 527.